The zero-order valence-corrected chi connectivity index (χ0v) is 8.54. The maximum atomic E-state index is 9.67. The van der Waals surface area contributed by atoms with Gasteiger partial charge in [-0.1, -0.05) is 32.1 Å². The van der Waals surface area contributed by atoms with Gasteiger partial charge in [-0.3, -0.25) is 0 Å². The average molecular weight is 168 g/mol. The quantitative estimate of drug-likeness (QED) is 0.640. The van der Waals surface area contributed by atoms with Crippen molar-refractivity contribution in [2.75, 3.05) is 0 Å². The van der Waals surface area contributed by atoms with Crippen LogP contribution in [0.25, 0.3) is 0 Å². The Bertz CT molecular complexity index is 160. The third-order valence-corrected chi connectivity index (χ3v) is 1.77. The molecule has 0 unspecified atom stereocenters. The fourth-order valence-electron chi connectivity index (χ4n) is 0.944. The molecule has 0 saturated carbocycles. The molecule has 0 aromatic heterocycles. The van der Waals surface area contributed by atoms with Crippen molar-refractivity contribution in [3.05, 3.63) is 24.8 Å². The smallest absolute Gasteiger partial charge is 0.0688 e. The summed E-state index contributed by atoms with van der Waals surface area (Å²) in [6.07, 6.45) is 5.88. The van der Waals surface area contributed by atoms with E-state index in [0.717, 1.165) is 0 Å². The molecule has 12 heavy (non-hydrogen) atoms. The number of aliphatic hydroxyl groups is 1. The van der Waals surface area contributed by atoms with Gasteiger partial charge in [0.1, 0.15) is 0 Å². The van der Waals surface area contributed by atoms with Crippen molar-refractivity contribution in [3.63, 3.8) is 0 Å². The van der Waals surface area contributed by atoms with Crippen molar-refractivity contribution in [2.24, 2.45) is 11.8 Å². The summed E-state index contributed by atoms with van der Waals surface area (Å²) in [5, 5.41) is 9.67. The SMILES string of the molecule is C=C[C@H](/C=C/C(C)C)C(C)(C)O. The van der Waals surface area contributed by atoms with E-state index in [4.69, 9.17) is 0 Å². The van der Waals surface area contributed by atoms with E-state index in [1.54, 1.807) is 19.9 Å². The molecule has 0 saturated heterocycles. The van der Waals surface area contributed by atoms with Gasteiger partial charge >= 0.3 is 0 Å². The Labute approximate surface area is 75.8 Å². The van der Waals surface area contributed by atoms with Crippen LogP contribution < -0.4 is 0 Å². The Hall–Kier alpha value is -0.560. The first kappa shape index (κ1) is 11.4. The van der Waals surface area contributed by atoms with Gasteiger partial charge in [0.05, 0.1) is 5.60 Å². The second-order valence-corrected chi connectivity index (χ2v) is 4.04. The van der Waals surface area contributed by atoms with E-state index in [1.165, 1.54) is 0 Å². The molecule has 0 radical (unpaired) electrons. The first-order valence-corrected chi connectivity index (χ1v) is 4.41. The minimum Gasteiger partial charge on any atom is -0.390 e. The number of allylic oxidation sites excluding steroid dienone is 1. The molecule has 1 nitrogen and oxygen atoms in total. The van der Waals surface area contributed by atoms with Crippen molar-refractivity contribution in [1.29, 1.82) is 0 Å². The molecule has 0 aliphatic rings. The number of hydrogen-bond acceptors (Lipinski definition) is 1. The van der Waals surface area contributed by atoms with Crippen molar-refractivity contribution in [1.82, 2.24) is 0 Å². The fraction of sp³-hybridized carbons (Fsp3) is 0.636. The summed E-state index contributed by atoms with van der Waals surface area (Å²) in [6, 6.07) is 0. The minimum atomic E-state index is -0.701. The molecule has 0 heterocycles. The molecule has 1 N–H and O–H groups in total. The topological polar surface area (TPSA) is 20.2 Å². The van der Waals surface area contributed by atoms with Crippen molar-refractivity contribution < 1.29 is 5.11 Å². The third kappa shape index (κ3) is 4.35. The predicted octanol–water partition coefficient (Wildman–Crippen LogP) is 2.77. The van der Waals surface area contributed by atoms with Crippen molar-refractivity contribution in [2.45, 2.75) is 33.3 Å². The van der Waals surface area contributed by atoms with Gasteiger partial charge in [0.25, 0.3) is 0 Å². The summed E-state index contributed by atoms with van der Waals surface area (Å²) >= 11 is 0. The molecular weight excluding hydrogens is 148 g/mol. The first-order chi connectivity index (χ1) is 5.38. The van der Waals surface area contributed by atoms with Crippen LogP contribution in [0.3, 0.4) is 0 Å². The van der Waals surface area contributed by atoms with Crippen LogP contribution in [0.15, 0.2) is 24.8 Å². The summed E-state index contributed by atoms with van der Waals surface area (Å²) in [7, 11) is 0. The van der Waals surface area contributed by atoms with Gasteiger partial charge in [0, 0.05) is 5.92 Å². The van der Waals surface area contributed by atoms with E-state index in [2.05, 4.69) is 26.5 Å². The van der Waals surface area contributed by atoms with Crippen LogP contribution in [0.1, 0.15) is 27.7 Å². The first-order valence-electron chi connectivity index (χ1n) is 4.41. The molecule has 1 heteroatoms. The van der Waals surface area contributed by atoms with E-state index in [1.807, 2.05) is 6.08 Å². The molecule has 0 aliphatic carbocycles. The van der Waals surface area contributed by atoms with Crippen LogP contribution >= 0.6 is 0 Å². The lowest BCUT2D eigenvalue weighted by atomic mass is 9.90. The zero-order chi connectivity index (χ0) is 9.78. The van der Waals surface area contributed by atoms with Gasteiger partial charge in [0.15, 0.2) is 0 Å². The largest absolute Gasteiger partial charge is 0.390 e. The maximum absolute atomic E-state index is 9.67. The molecule has 0 rings (SSSR count). The number of hydrogen-bond donors (Lipinski definition) is 1. The van der Waals surface area contributed by atoms with Gasteiger partial charge < -0.3 is 5.11 Å². The third-order valence-electron chi connectivity index (χ3n) is 1.77. The summed E-state index contributed by atoms with van der Waals surface area (Å²) in [5.41, 5.74) is -0.701. The van der Waals surface area contributed by atoms with E-state index in [0.29, 0.717) is 5.92 Å². The Morgan fingerprint density at radius 2 is 1.75 bits per heavy atom. The standard InChI is InChI=1S/C11H20O/c1-6-10(11(4,5)12)8-7-9(2)3/h6-10,12H,1H2,2-5H3/b8-7+/t10-/m1/s1. The van der Waals surface area contributed by atoms with E-state index < -0.39 is 5.60 Å². The van der Waals surface area contributed by atoms with Crippen LogP contribution in [-0.4, -0.2) is 10.7 Å². The Balaban J connectivity index is 4.28. The molecule has 0 aliphatic heterocycles. The lowest BCUT2D eigenvalue weighted by molar-refractivity contribution is 0.0544. The van der Waals surface area contributed by atoms with Gasteiger partial charge in [-0.25, -0.2) is 0 Å². The second kappa shape index (κ2) is 4.46. The molecule has 70 valence electrons. The highest BCUT2D eigenvalue weighted by Crippen LogP contribution is 2.19. The molecular formula is C11H20O. The van der Waals surface area contributed by atoms with Crippen LogP contribution in [0.5, 0.6) is 0 Å². The van der Waals surface area contributed by atoms with Crippen LogP contribution in [0, 0.1) is 11.8 Å². The fourth-order valence-corrected chi connectivity index (χ4v) is 0.944. The van der Waals surface area contributed by atoms with Gasteiger partial charge in [-0.15, -0.1) is 6.58 Å². The second-order valence-electron chi connectivity index (χ2n) is 4.04. The average Bonchev–Trinajstić information content (AvgIpc) is 1.85. The summed E-state index contributed by atoms with van der Waals surface area (Å²) < 4.78 is 0. The summed E-state index contributed by atoms with van der Waals surface area (Å²) in [5.74, 6) is 0.565. The Morgan fingerprint density at radius 3 is 2.00 bits per heavy atom. The Kier molecular flexibility index (Phi) is 4.25. The van der Waals surface area contributed by atoms with Crippen LogP contribution in [0.4, 0.5) is 0 Å². The van der Waals surface area contributed by atoms with E-state index in [-0.39, 0.29) is 5.92 Å². The maximum Gasteiger partial charge on any atom is 0.0688 e. The van der Waals surface area contributed by atoms with Crippen molar-refractivity contribution in [3.8, 4) is 0 Å². The Morgan fingerprint density at radius 1 is 1.25 bits per heavy atom. The van der Waals surface area contributed by atoms with E-state index in [9.17, 15) is 5.11 Å². The highest BCUT2D eigenvalue weighted by Gasteiger charge is 2.20. The molecule has 0 fully saturated rings. The number of rotatable bonds is 4. The normalized spacial score (nSPS) is 15.5. The molecule has 0 aromatic carbocycles. The summed E-state index contributed by atoms with van der Waals surface area (Å²) in [6.45, 7) is 11.5. The van der Waals surface area contributed by atoms with Crippen LogP contribution in [-0.2, 0) is 0 Å². The van der Waals surface area contributed by atoms with Crippen molar-refractivity contribution >= 4 is 0 Å². The van der Waals surface area contributed by atoms with Gasteiger partial charge in [-0.05, 0) is 19.8 Å². The molecule has 0 bridgehead atoms. The molecule has 0 amide bonds. The molecule has 1 atom stereocenters. The highest BCUT2D eigenvalue weighted by molar-refractivity contribution is 5.04. The van der Waals surface area contributed by atoms with Gasteiger partial charge in [-0.2, -0.15) is 0 Å². The lowest BCUT2D eigenvalue weighted by Crippen LogP contribution is -2.27. The van der Waals surface area contributed by atoms with E-state index >= 15 is 0 Å². The summed E-state index contributed by atoms with van der Waals surface area (Å²) in [4.78, 5) is 0. The molecule has 0 aromatic rings. The predicted molar refractivity (Wildman–Crippen MR) is 54.0 cm³/mol. The van der Waals surface area contributed by atoms with Gasteiger partial charge in [0.2, 0.25) is 0 Å². The monoisotopic (exact) mass is 168 g/mol. The molecule has 0 spiro atoms. The van der Waals surface area contributed by atoms with Crippen LogP contribution in [0.2, 0.25) is 0 Å². The minimum absolute atomic E-state index is 0.0416. The highest BCUT2D eigenvalue weighted by atomic mass is 16.3. The lowest BCUT2D eigenvalue weighted by Gasteiger charge is -2.23. The zero-order valence-electron chi connectivity index (χ0n) is 8.54.